The molecule has 0 atom stereocenters. The van der Waals surface area contributed by atoms with E-state index in [1.807, 2.05) is 24.3 Å². The number of primary amides is 1. The zero-order valence-corrected chi connectivity index (χ0v) is 9.76. The van der Waals surface area contributed by atoms with Crippen LogP contribution in [0.15, 0.2) is 24.3 Å². The maximum absolute atomic E-state index is 11.8. The van der Waals surface area contributed by atoms with Crippen molar-refractivity contribution in [3.63, 3.8) is 0 Å². The van der Waals surface area contributed by atoms with Crippen molar-refractivity contribution in [2.45, 2.75) is 18.3 Å². The smallest absolute Gasteiger partial charge is 0.228 e. The van der Waals surface area contributed by atoms with E-state index in [0.29, 0.717) is 17.9 Å². The summed E-state index contributed by atoms with van der Waals surface area (Å²) in [5.41, 5.74) is 5.85. The first-order chi connectivity index (χ1) is 7.67. The summed E-state index contributed by atoms with van der Waals surface area (Å²) in [6.07, 6.45) is 1.43. The number of benzene rings is 1. The standard InChI is InChI=1S/C12H15ClN2O/c13-10-4-2-1-3-9(10)12(11(14)16)5-7-15-8-6-12/h1-4,15H,5-8H2,(H2,14,16). The molecule has 1 aromatic rings. The average molecular weight is 239 g/mol. The topological polar surface area (TPSA) is 55.1 Å². The fraction of sp³-hybridized carbons (Fsp3) is 0.417. The molecule has 4 heteroatoms. The van der Waals surface area contributed by atoms with Gasteiger partial charge in [-0.3, -0.25) is 4.79 Å². The highest BCUT2D eigenvalue weighted by Gasteiger charge is 2.40. The zero-order valence-electron chi connectivity index (χ0n) is 9.00. The lowest BCUT2D eigenvalue weighted by atomic mass is 9.72. The lowest BCUT2D eigenvalue weighted by molar-refractivity contribution is -0.124. The van der Waals surface area contributed by atoms with Crippen molar-refractivity contribution in [2.75, 3.05) is 13.1 Å². The summed E-state index contributed by atoms with van der Waals surface area (Å²) < 4.78 is 0. The van der Waals surface area contributed by atoms with Gasteiger partial charge in [0.2, 0.25) is 5.91 Å². The molecule has 1 aliphatic rings. The second-order valence-corrected chi connectivity index (χ2v) is 4.58. The van der Waals surface area contributed by atoms with Crippen LogP contribution in [0.1, 0.15) is 18.4 Å². The highest BCUT2D eigenvalue weighted by atomic mass is 35.5. The van der Waals surface area contributed by atoms with Gasteiger partial charge in [-0.2, -0.15) is 0 Å². The summed E-state index contributed by atoms with van der Waals surface area (Å²) in [5.74, 6) is -0.276. The van der Waals surface area contributed by atoms with E-state index in [-0.39, 0.29) is 5.91 Å². The first-order valence-corrected chi connectivity index (χ1v) is 5.80. The zero-order chi connectivity index (χ0) is 11.6. The van der Waals surface area contributed by atoms with Crippen LogP contribution < -0.4 is 11.1 Å². The number of rotatable bonds is 2. The first kappa shape index (κ1) is 11.4. The fourth-order valence-corrected chi connectivity index (χ4v) is 2.67. The van der Waals surface area contributed by atoms with Gasteiger partial charge in [-0.05, 0) is 37.6 Å². The Morgan fingerprint density at radius 3 is 2.50 bits per heavy atom. The van der Waals surface area contributed by atoms with Gasteiger partial charge in [0.05, 0.1) is 5.41 Å². The van der Waals surface area contributed by atoms with Crippen LogP contribution in [-0.4, -0.2) is 19.0 Å². The molecule has 1 heterocycles. The predicted octanol–water partition coefficient (Wildman–Crippen LogP) is 1.45. The SMILES string of the molecule is NC(=O)C1(c2ccccc2Cl)CCNCC1. The highest BCUT2D eigenvalue weighted by Crippen LogP contribution is 2.37. The molecule has 86 valence electrons. The Bertz CT molecular complexity index is 400. The largest absolute Gasteiger partial charge is 0.369 e. The summed E-state index contributed by atoms with van der Waals surface area (Å²) in [7, 11) is 0. The van der Waals surface area contributed by atoms with Gasteiger partial charge in [-0.15, -0.1) is 0 Å². The van der Waals surface area contributed by atoms with Crippen molar-refractivity contribution in [3.8, 4) is 0 Å². The van der Waals surface area contributed by atoms with E-state index >= 15 is 0 Å². The van der Waals surface area contributed by atoms with Crippen molar-refractivity contribution in [1.29, 1.82) is 0 Å². The van der Waals surface area contributed by atoms with Crippen LogP contribution >= 0.6 is 11.6 Å². The number of hydrogen-bond donors (Lipinski definition) is 2. The van der Waals surface area contributed by atoms with E-state index in [4.69, 9.17) is 17.3 Å². The van der Waals surface area contributed by atoms with Crippen LogP contribution in [0.4, 0.5) is 0 Å². The molecule has 1 fully saturated rings. The summed E-state index contributed by atoms with van der Waals surface area (Å²) in [4.78, 5) is 11.8. The third-order valence-electron chi connectivity index (χ3n) is 3.32. The van der Waals surface area contributed by atoms with Crippen molar-refractivity contribution >= 4 is 17.5 Å². The molecule has 16 heavy (non-hydrogen) atoms. The third-order valence-corrected chi connectivity index (χ3v) is 3.65. The predicted molar refractivity (Wildman–Crippen MR) is 64.4 cm³/mol. The van der Waals surface area contributed by atoms with Crippen LogP contribution in [0, 0.1) is 0 Å². The molecule has 0 unspecified atom stereocenters. The van der Waals surface area contributed by atoms with Gasteiger partial charge in [-0.25, -0.2) is 0 Å². The summed E-state index contributed by atoms with van der Waals surface area (Å²) in [5, 5.41) is 3.86. The van der Waals surface area contributed by atoms with Gasteiger partial charge in [0.1, 0.15) is 0 Å². The fourth-order valence-electron chi connectivity index (χ4n) is 2.35. The molecule has 0 radical (unpaired) electrons. The summed E-state index contributed by atoms with van der Waals surface area (Å²) >= 11 is 6.16. The number of hydrogen-bond acceptors (Lipinski definition) is 2. The minimum absolute atomic E-state index is 0.276. The van der Waals surface area contributed by atoms with Crippen molar-refractivity contribution in [1.82, 2.24) is 5.32 Å². The van der Waals surface area contributed by atoms with Gasteiger partial charge >= 0.3 is 0 Å². The van der Waals surface area contributed by atoms with E-state index in [9.17, 15) is 4.79 Å². The number of piperidine rings is 1. The van der Waals surface area contributed by atoms with Gasteiger partial charge in [0.25, 0.3) is 0 Å². The van der Waals surface area contributed by atoms with Crippen LogP contribution in [0.3, 0.4) is 0 Å². The van der Waals surface area contributed by atoms with Crippen LogP contribution in [-0.2, 0) is 10.2 Å². The molecule has 3 nitrogen and oxygen atoms in total. The second-order valence-electron chi connectivity index (χ2n) is 4.18. The maximum Gasteiger partial charge on any atom is 0.228 e. The van der Waals surface area contributed by atoms with E-state index in [2.05, 4.69) is 5.32 Å². The molecule has 2 rings (SSSR count). The second kappa shape index (κ2) is 4.44. The molecule has 0 bridgehead atoms. The van der Waals surface area contributed by atoms with E-state index < -0.39 is 5.41 Å². The van der Waals surface area contributed by atoms with Crippen molar-refractivity contribution in [3.05, 3.63) is 34.9 Å². The van der Waals surface area contributed by atoms with Gasteiger partial charge < -0.3 is 11.1 Å². The van der Waals surface area contributed by atoms with Gasteiger partial charge in [-0.1, -0.05) is 29.8 Å². The Hall–Kier alpha value is -1.06. The molecule has 1 aromatic carbocycles. The van der Waals surface area contributed by atoms with Gasteiger partial charge in [0, 0.05) is 5.02 Å². The molecule has 3 N–H and O–H groups in total. The summed E-state index contributed by atoms with van der Waals surface area (Å²) in [6.45, 7) is 1.60. The van der Waals surface area contributed by atoms with E-state index in [1.165, 1.54) is 0 Å². The molecular formula is C12H15ClN2O. The molecule has 0 aromatic heterocycles. The minimum Gasteiger partial charge on any atom is -0.369 e. The average Bonchev–Trinajstić information content (AvgIpc) is 2.30. The van der Waals surface area contributed by atoms with Gasteiger partial charge in [0.15, 0.2) is 0 Å². The molecule has 0 spiro atoms. The number of nitrogens with two attached hydrogens (primary N) is 1. The Labute approximate surface area is 100.0 Å². The first-order valence-electron chi connectivity index (χ1n) is 5.42. The monoisotopic (exact) mass is 238 g/mol. The highest BCUT2D eigenvalue weighted by molar-refractivity contribution is 6.31. The molecule has 1 amide bonds. The normalized spacial score (nSPS) is 19.3. The van der Waals surface area contributed by atoms with Crippen molar-refractivity contribution < 1.29 is 4.79 Å². The molecule has 1 aliphatic heterocycles. The van der Waals surface area contributed by atoms with E-state index in [1.54, 1.807) is 0 Å². The van der Waals surface area contributed by atoms with E-state index in [0.717, 1.165) is 18.7 Å². The van der Waals surface area contributed by atoms with Crippen LogP contribution in [0.25, 0.3) is 0 Å². The number of nitrogens with one attached hydrogen (secondary N) is 1. The lowest BCUT2D eigenvalue weighted by Gasteiger charge is -2.35. The van der Waals surface area contributed by atoms with Crippen LogP contribution in [0.2, 0.25) is 5.02 Å². The lowest BCUT2D eigenvalue weighted by Crippen LogP contribution is -2.48. The Morgan fingerprint density at radius 2 is 1.94 bits per heavy atom. The minimum atomic E-state index is -0.594. The molecule has 0 saturated carbocycles. The molecule has 1 saturated heterocycles. The Kier molecular flexibility index (Phi) is 3.17. The third kappa shape index (κ3) is 1.81. The molecular weight excluding hydrogens is 224 g/mol. The Balaban J connectivity index is 2.47. The quantitative estimate of drug-likeness (QED) is 0.820. The summed E-state index contributed by atoms with van der Waals surface area (Å²) in [6, 6.07) is 7.47. The number of amides is 1. The number of carbonyl (C=O) groups excluding carboxylic acids is 1. The van der Waals surface area contributed by atoms with Crippen molar-refractivity contribution in [2.24, 2.45) is 5.73 Å². The number of halogens is 1. The molecule has 0 aliphatic carbocycles. The van der Waals surface area contributed by atoms with Crippen LogP contribution in [0.5, 0.6) is 0 Å². The maximum atomic E-state index is 11.8. The Morgan fingerprint density at radius 1 is 1.31 bits per heavy atom. The number of carbonyl (C=O) groups is 1.